The third kappa shape index (κ3) is 4.06. The van der Waals surface area contributed by atoms with Crippen molar-refractivity contribution in [2.45, 2.75) is 15.2 Å². The lowest BCUT2D eigenvalue weighted by molar-refractivity contribution is 0.707. The van der Waals surface area contributed by atoms with Crippen molar-refractivity contribution in [3.63, 3.8) is 0 Å². The molecule has 9 aromatic carbocycles. The van der Waals surface area contributed by atoms with Crippen LogP contribution in [0.1, 0.15) is 22.3 Å². The summed E-state index contributed by atoms with van der Waals surface area (Å²) >= 11 is 3.79. The molecule has 0 atom stereocenters. The van der Waals surface area contributed by atoms with Crippen LogP contribution in [0.2, 0.25) is 0 Å². The fraction of sp³-hybridized carbons (Fsp3) is 0.0196. The molecule has 2 heterocycles. The van der Waals surface area contributed by atoms with Crippen molar-refractivity contribution in [2.75, 3.05) is 4.90 Å². The Kier molecular flexibility index (Phi) is 6.42. The van der Waals surface area contributed by atoms with Gasteiger partial charge in [0.15, 0.2) is 0 Å². The zero-order chi connectivity index (χ0) is 35.4. The molecular weight excluding hydrogens is 691 g/mol. The van der Waals surface area contributed by atoms with Crippen LogP contribution in [0, 0.1) is 0 Å². The predicted molar refractivity (Wildman–Crippen MR) is 230 cm³/mol. The summed E-state index contributed by atoms with van der Waals surface area (Å²) in [5.74, 6) is 0. The minimum atomic E-state index is -0.462. The van der Waals surface area contributed by atoms with Gasteiger partial charge in [0.2, 0.25) is 0 Å². The third-order valence-electron chi connectivity index (χ3n) is 11.7. The van der Waals surface area contributed by atoms with Crippen molar-refractivity contribution in [1.82, 2.24) is 0 Å². The highest BCUT2D eigenvalue weighted by molar-refractivity contribution is 7.99. The van der Waals surface area contributed by atoms with Gasteiger partial charge in [0.25, 0.3) is 0 Å². The van der Waals surface area contributed by atoms with Gasteiger partial charge in [-0.2, -0.15) is 0 Å². The predicted octanol–water partition coefficient (Wildman–Crippen LogP) is 14.7. The number of fused-ring (bicyclic) bond motifs is 13. The summed E-state index contributed by atoms with van der Waals surface area (Å²) in [6.45, 7) is 0. The van der Waals surface area contributed by atoms with Crippen LogP contribution in [0.3, 0.4) is 0 Å². The summed E-state index contributed by atoms with van der Waals surface area (Å²) in [6, 6.07) is 70.2. The molecule has 0 saturated carbocycles. The number of thiophene rings is 1. The van der Waals surface area contributed by atoms with Crippen LogP contribution in [-0.2, 0) is 5.41 Å². The SMILES string of the molecule is c1ccc(N(c2ccc3c(c2)sc2c4ccccc4ccc32)c2ccc3c4c(cccc24)C2(c4ccccc4Sc4ccccc42)c2ccccc2-3)cc1. The maximum absolute atomic E-state index is 2.47. The number of hydrogen-bond acceptors (Lipinski definition) is 3. The van der Waals surface area contributed by atoms with E-state index in [2.05, 4.69) is 193 Å². The van der Waals surface area contributed by atoms with E-state index in [0.717, 1.165) is 11.4 Å². The minimum Gasteiger partial charge on any atom is -0.310 e. The van der Waals surface area contributed by atoms with E-state index in [1.165, 1.54) is 90.6 Å². The van der Waals surface area contributed by atoms with Crippen LogP contribution in [0.4, 0.5) is 17.1 Å². The smallest absolute Gasteiger partial charge is 0.0735 e. The summed E-state index contributed by atoms with van der Waals surface area (Å²) in [6.07, 6.45) is 0. The molecule has 0 fully saturated rings. The molecule has 252 valence electrons. The van der Waals surface area contributed by atoms with Crippen LogP contribution in [0.15, 0.2) is 198 Å². The van der Waals surface area contributed by atoms with Gasteiger partial charge in [-0.25, -0.2) is 0 Å². The van der Waals surface area contributed by atoms with Crippen LogP contribution >= 0.6 is 23.1 Å². The number of nitrogens with zero attached hydrogens (tertiary/aromatic N) is 1. The van der Waals surface area contributed by atoms with Gasteiger partial charge in [-0.3, -0.25) is 0 Å². The van der Waals surface area contributed by atoms with Crippen molar-refractivity contribution in [2.24, 2.45) is 0 Å². The first kappa shape index (κ1) is 30.3. The molecule has 1 spiro atoms. The second-order valence-electron chi connectivity index (χ2n) is 14.4. The van der Waals surface area contributed by atoms with Gasteiger partial charge >= 0.3 is 0 Å². The lowest BCUT2D eigenvalue weighted by Gasteiger charge is -2.46. The first-order valence-corrected chi connectivity index (χ1v) is 20.1. The monoisotopic (exact) mass is 721 g/mol. The minimum absolute atomic E-state index is 0.462. The maximum atomic E-state index is 2.47. The number of hydrogen-bond donors (Lipinski definition) is 0. The third-order valence-corrected chi connectivity index (χ3v) is 14.1. The zero-order valence-corrected chi connectivity index (χ0v) is 30.8. The molecule has 0 amide bonds. The Bertz CT molecular complexity index is 3110. The lowest BCUT2D eigenvalue weighted by atomic mass is 9.59. The summed E-state index contributed by atoms with van der Waals surface area (Å²) in [5, 5.41) is 7.80. The molecule has 1 nitrogen and oxygen atoms in total. The van der Waals surface area contributed by atoms with E-state index in [1.807, 2.05) is 23.1 Å². The summed E-state index contributed by atoms with van der Waals surface area (Å²) < 4.78 is 2.64. The maximum Gasteiger partial charge on any atom is 0.0735 e. The van der Waals surface area contributed by atoms with E-state index in [4.69, 9.17) is 0 Å². The molecule has 0 radical (unpaired) electrons. The highest BCUT2D eigenvalue weighted by Gasteiger charge is 2.48. The Hall–Kier alpha value is -6.13. The molecule has 1 aliphatic heterocycles. The normalized spacial score (nSPS) is 13.6. The number of rotatable bonds is 3. The summed E-state index contributed by atoms with van der Waals surface area (Å²) in [7, 11) is 0. The molecule has 1 aromatic heterocycles. The standard InChI is InChI=1S/C51H31NS2/c1-2-14-33(15-3-1)52(34-26-28-37-39-27-25-32-13-4-5-16-35(32)50(39)54-48(37)31-34)45-30-29-38-36-17-6-7-19-41(36)51(44-22-12-18-40(45)49(38)44)42-20-8-10-23-46(42)53-47-24-11-9-21-43(47)51/h1-31H. The largest absolute Gasteiger partial charge is 0.310 e. The van der Waals surface area contributed by atoms with E-state index >= 15 is 0 Å². The second kappa shape index (κ2) is 11.4. The van der Waals surface area contributed by atoms with Gasteiger partial charge in [-0.1, -0.05) is 157 Å². The van der Waals surface area contributed by atoms with E-state index in [9.17, 15) is 0 Å². The van der Waals surface area contributed by atoms with Gasteiger partial charge in [0.1, 0.15) is 0 Å². The molecule has 0 N–H and O–H groups in total. The Morgan fingerprint density at radius 1 is 0.407 bits per heavy atom. The van der Waals surface area contributed by atoms with Crippen LogP contribution < -0.4 is 4.90 Å². The number of anilines is 3. The molecule has 1 aliphatic carbocycles. The van der Waals surface area contributed by atoms with Crippen LogP contribution in [-0.4, -0.2) is 0 Å². The molecule has 12 rings (SSSR count). The van der Waals surface area contributed by atoms with E-state index in [-0.39, 0.29) is 0 Å². The molecule has 0 bridgehead atoms. The molecule has 3 heteroatoms. The van der Waals surface area contributed by atoms with E-state index < -0.39 is 5.41 Å². The van der Waals surface area contributed by atoms with E-state index in [1.54, 1.807) is 0 Å². The van der Waals surface area contributed by atoms with Crippen LogP contribution in [0.25, 0.3) is 52.8 Å². The molecule has 54 heavy (non-hydrogen) atoms. The highest BCUT2D eigenvalue weighted by atomic mass is 32.2. The van der Waals surface area contributed by atoms with Crippen molar-refractivity contribution < 1.29 is 0 Å². The Balaban J connectivity index is 1.16. The molecule has 0 saturated heterocycles. The Morgan fingerprint density at radius 3 is 1.91 bits per heavy atom. The summed E-state index contributed by atoms with van der Waals surface area (Å²) in [5.41, 5.74) is 11.0. The average molecular weight is 722 g/mol. The van der Waals surface area contributed by atoms with Crippen LogP contribution in [0.5, 0.6) is 0 Å². The molecule has 2 aliphatic rings. The summed E-state index contributed by atoms with van der Waals surface area (Å²) in [4.78, 5) is 5.10. The second-order valence-corrected chi connectivity index (χ2v) is 16.5. The molecule has 10 aromatic rings. The fourth-order valence-electron chi connectivity index (χ4n) is 9.52. The van der Waals surface area contributed by atoms with Gasteiger partial charge in [0, 0.05) is 46.7 Å². The number of para-hydroxylation sites is 1. The number of benzene rings is 9. The van der Waals surface area contributed by atoms with Gasteiger partial charge < -0.3 is 4.90 Å². The quantitative estimate of drug-likeness (QED) is 0.179. The van der Waals surface area contributed by atoms with Gasteiger partial charge in [0.05, 0.1) is 11.1 Å². The Labute approximate surface area is 321 Å². The van der Waals surface area contributed by atoms with Crippen molar-refractivity contribution >= 4 is 81.9 Å². The highest BCUT2D eigenvalue weighted by Crippen LogP contribution is 2.62. The van der Waals surface area contributed by atoms with Gasteiger partial charge in [-0.05, 0) is 92.0 Å². The average Bonchev–Trinajstić information content (AvgIpc) is 3.62. The van der Waals surface area contributed by atoms with Crippen molar-refractivity contribution in [1.29, 1.82) is 0 Å². The zero-order valence-electron chi connectivity index (χ0n) is 29.2. The van der Waals surface area contributed by atoms with Gasteiger partial charge in [-0.15, -0.1) is 11.3 Å². The topological polar surface area (TPSA) is 3.24 Å². The lowest BCUT2D eigenvalue weighted by Crippen LogP contribution is -2.36. The first-order valence-electron chi connectivity index (χ1n) is 18.5. The fourth-order valence-corrected chi connectivity index (χ4v) is 12.0. The Morgan fingerprint density at radius 2 is 1.07 bits per heavy atom. The van der Waals surface area contributed by atoms with Crippen molar-refractivity contribution in [3.8, 4) is 11.1 Å². The molecule has 0 unspecified atom stereocenters. The van der Waals surface area contributed by atoms with E-state index in [0.29, 0.717) is 0 Å². The molecular formula is C51H31NS2. The van der Waals surface area contributed by atoms with Crippen molar-refractivity contribution in [3.05, 3.63) is 210 Å². The first-order chi connectivity index (χ1) is 26.8.